The predicted octanol–water partition coefficient (Wildman–Crippen LogP) is 4.39. The fraction of sp³-hybridized carbons (Fsp3) is 0.200. The van der Waals surface area contributed by atoms with Crippen LogP contribution in [0.25, 0.3) is 5.57 Å². The molecule has 5 nitrogen and oxygen atoms in total. The Morgan fingerprint density at radius 2 is 1.63 bits per heavy atom. The first-order chi connectivity index (χ1) is 13.0. The molecule has 0 fully saturated rings. The molecule has 7 heteroatoms. The number of anilines is 1. The summed E-state index contributed by atoms with van der Waals surface area (Å²) >= 11 is 7.31. The minimum atomic E-state index is -0.370. The highest BCUT2D eigenvalue weighted by atomic mass is 35.5. The van der Waals surface area contributed by atoms with Gasteiger partial charge in [0.25, 0.3) is 11.8 Å². The van der Waals surface area contributed by atoms with Gasteiger partial charge in [0.15, 0.2) is 11.5 Å². The molecule has 1 heterocycles. The van der Waals surface area contributed by atoms with E-state index in [0.717, 1.165) is 0 Å². The number of halogens is 1. The van der Waals surface area contributed by atoms with Crippen LogP contribution in [0.4, 0.5) is 5.69 Å². The Balaban J connectivity index is 2.07. The molecular formula is C20H18ClNO4S. The third-order valence-corrected chi connectivity index (χ3v) is 5.30. The molecule has 0 saturated carbocycles. The molecule has 0 saturated heterocycles. The highest BCUT2D eigenvalue weighted by Gasteiger charge is 2.40. The van der Waals surface area contributed by atoms with Crippen LogP contribution in [0.5, 0.6) is 11.5 Å². The Bertz CT molecular complexity index is 924. The third kappa shape index (κ3) is 3.55. The molecule has 2 aromatic rings. The van der Waals surface area contributed by atoms with E-state index < -0.39 is 0 Å². The van der Waals surface area contributed by atoms with Gasteiger partial charge < -0.3 is 9.47 Å². The number of amides is 2. The molecule has 0 spiro atoms. The van der Waals surface area contributed by atoms with Crippen molar-refractivity contribution in [3.8, 4) is 11.5 Å². The monoisotopic (exact) mass is 403 g/mol. The lowest BCUT2D eigenvalue weighted by molar-refractivity contribution is -0.119. The van der Waals surface area contributed by atoms with E-state index in [9.17, 15) is 9.59 Å². The number of methoxy groups -OCH3 is 2. The minimum Gasteiger partial charge on any atom is -0.493 e. The fourth-order valence-corrected chi connectivity index (χ4v) is 3.84. The van der Waals surface area contributed by atoms with Crippen molar-refractivity contribution < 1.29 is 19.1 Å². The van der Waals surface area contributed by atoms with Crippen LogP contribution in [-0.4, -0.2) is 31.8 Å². The van der Waals surface area contributed by atoms with Crippen molar-refractivity contribution in [1.29, 1.82) is 0 Å². The first kappa shape index (κ1) is 19.3. The van der Waals surface area contributed by atoms with Gasteiger partial charge in [0, 0.05) is 11.1 Å². The molecule has 1 aliphatic heterocycles. The molecule has 27 heavy (non-hydrogen) atoms. The summed E-state index contributed by atoms with van der Waals surface area (Å²) in [6, 6.07) is 11.9. The molecule has 0 N–H and O–H groups in total. The lowest BCUT2D eigenvalue weighted by atomic mass is 10.1. The van der Waals surface area contributed by atoms with Gasteiger partial charge in [-0.2, -0.15) is 0 Å². The third-order valence-electron chi connectivity index (χ3n) is 4.09. The lowest BCUT2D eigenvalue weighted by Crippen LogP contribution is -2.31. The van der Waals surface area contributed by atoms with Crippen LogP contribution in [-0.2, 0) is 9.59 Å². The second kappa shape index (κ2) is 8.06. The van der Waals surface area contributed by atoms with Gasteiger partial charge in [0.05, 0.1) is 30.4 Å². The summed E-state index contributed by atoms with van der Waals surface area (Å²) in [4.78, 5) is 27.8. The molecule has 140 valence electrons. The average Bonchev–Trinajstić information content (AvgIpc) is 2.92. The van der Waals surface area contributed by atoms with Gasteiger partial charge in [-0.25, -0.2) is 4.90 Å². The molecule has 1 aliphatic rings. The summed E-state index contributed by atoms with van der Waals surface area (Å²) < 4.78 is 10.5. The van der Waals surface area contributed by atoms with Crippen molar-refractivity contribution >= 4 is 46.4 Å². The fourth-order valence-electron chi connectivity index (χ4n) is 2.86. The number of benzene rings is 2. The van der Waals surface area contributed by atoms with Gasteiger partial charge in [0.1, 0.15) is 0 Å². The maximum Gasteiger partial charge on any atom is 0.272 e. The van der Waals surface area contributed by atoms with Gasteiger partial charge in [-0.05, 0) is 35.6 Å². The van der Waals surface area contributed by atoms with Crippen LogP contribution in [0.2, 0.25) is 5.02 Å². The molecule has 0 bridgehead atoms. The molecule has 0 unspecified atom stereocenters. The predicted molar refractivity (Wildman–Crippen MR) is 109 cm³/mol. The van der Waals surface area contributed by atoms with Gasteiger partial charge in [0.2, 0.25) is 0 Å². The van der Waals surface area contributed by atoms with Crippen molar-refractivity contribution in [2.45, 2.75) is 6.92 Å². The van der Waals surface area contributed by atoms with E-state index in [1.807, 2.05) is 6.92 Å². The summed E-state index contributed by atoms with van der Waals surface area (Å²) in [6.45, 7) is 1.94. The number of hydrogen-bond donors (Lipinski definition) is 0. The molecule has 2 amide bonds. The van der Waals surface area contributed by atoms with E-state index in [1.165, 1.54) is 30.9 Å². The van der Waals surface area contributed by atoms with E-state index in [-0.39, 0.29) is 11.8 Å². The van der Waals surface area contributed by atoms with Crippen LogP contribution in [0.3, 0.4) is 0 Å². The zero-order valence-corrected chi connectivity index (χ0v) is 16.7. The van der Waals surface area contributed by atoms with Crippen LogP contribution >= 0.6 is 23.4 Å². The van der Waals surface area contributed by atoms with Gasteiger partial charge in [-0.1, -0.05) is 30.7 Å². The first-order valence-electron chi connectivity index (χ1n) is 8.25. The molecule has 0 atom stereocenters. The number of thioether (sulfide) groups is 1. The Kier molecular flexibility index (Phi) is 5.77. The Hall–Kier alpha value is -2.44. The molecule has 0 aromatic heterocycles. The van der Waals surface area contributed by atoms with Crippen LogP contribution in [0.1, 0.15) is 12.5 Å². The topological polar surface area (TPSA) is 55.8 Å². The summed E-state index contributed by atoms with van der Waals surface area (Å²) in [5.41, 5.74) is 1.48. The Labute approximate surface area is 166 Å². The number of ether oxygens (including phenoxy) is 2. The second-order valence-corrected chi connectivity index (χ2v) is 7.34. The van der Waals surface area contributed by atoms with E-state index >= 15 is 0 Å². The number of rotatable bonds is 6. The molecule has 3 rings (SSSR count). The molecular weight excluding hydrogens is 386 g/mol. The number of imide groups is 1. The number of hydrogen-bond acceptors (Lipinski definition) is 5. The van der Waals surface area contributed by atoms with Crippen LogP contribution in [0, 0.1) is 0 Å². The number of carbonyl (C=O) groups excluding carboxylic acids is 2. The first-order valence-corrected chi connectivity index (χ1v) is 9.62. The summed E-state index contributed by atoms with van der Waals surface area (Å²) in [5.74, 6) is 0.926. The summed E-state index contributed by atoms with van der Waals surface area (Å²) in [6.07, 6.45) is 0. The number of carbonyl (C=O) groups is 2. The normalized spacial score (nSPS) is 14.1. The van der Waals surface area contributed by atoms with E-state index in [2.05, 4.69) is 0 Å². The number of nitrogens with zero attached hydrogens (tertiary/aromatic N) is 1. The maximum absolute atomic E-state index is 13.2. The van der Waals surface area contributed by atoms with Crippen molar-refractivity contribution in [1.82, 2.24) is 0 Å². The second-order valence-electron chi connectivity index (χ2n) is 5.63. The van der Waals surface area contributed by atoms with Crippen molar-refractivity contribution in [3.63, 3.8) is 0 Å². The highest BCUT2D eigenvalue weighted by molar-refractivity contribution is 8.04. The van der Waals surface area contributed by atoms with E-state index in [4.69, 9.17) is 21.1 Å². The van der Waals surface area contributed by atoms with Crippen molar-refractivity contribution in [2.24, 2.45) is 0 Å². The molecule has 0 aliphatic carbocycles. The summed E-state index contributed by atoms with van der Waals surface area (Å²) in [7, 11) is 3.03. The van der Waals surface area contributed by atoms with Crippen molar-refractivity contribution in [2.75, 3.05) is 24.9 Å². The Morgan fingerprint density at radius 1 is 0.963 bits per heavy atom. The quantitative estimate of drug-likeness (QED) is 0.669. The summed E-state index contributed by atoms with van der Waals surface area (Å²) in [5, 5.41) is 0.567. The van der Waals surface area contributed by atoms with Gasteiger partial charge in [-0.3, -0.25) is 9.59 Å². The highest BCUT2D eigenvalue weighted by Crippen LogP contribution is 2.40. The average molecular weight is 404 g/mol. The van der Waals surface area contributed by atoms with Gasteiger partial charge >= 0.3 is 0 Å². The molecule has 0 radical (unpaired) electrons. The minimum absolute atomic E-state index is 0.344. The SMILES string of the molecule is CCSC1=C(c2ccc(Cl)cc2)C(=O)N(c2ccc(OC)c(OC)c2)C1=O. The Morgan fingerprint density at radius 3 is 2.22 bits per heavy atom. The van der Waals surface area contributed by atoms with Crippen molar-refractivity contribution in [3.05, 3.63) is 58.0 Å². The van der Waals surface area contributed by atoms with E-state index in [1.54, 1.807) is 42.5 Å². The van der Waals surface area contributed by atoms with E-state index in [0.29, 0.717) is 44.0 Å². The molecule has 2 aromatic carbocycles. The lowest BCUT2D eigenvalue weighted by Gasteiger charge is -2.17. The van der Waals surface area contributed by atoms with Crippen LogP contribution < -0.4 is 14.4 Å². The largest absolute Gasteiger partial charge is 0.493 e. The smallest absolute Gasteiger partial charge is 0.272 e. The van der Waals surface area contributed by atoms with Gasteiger partial charge in [-0.15, -0.1) is 11.8 Å². The standard InChI is InChI=1S/C20H18ClNO4S/c1-4-27-18-17(12-5-7-13(21)8-6-12)19(23)22(20(18)24)14-9-10-15(25-2)16(11-14)26-3/h5-11H,4H2,1-3H3. The zero-order valence-electron chi connectivity index (χ0n) is 15.1. The van der Waals surface area contributed by atoms with Crippen LogP contribution in [0.15, 0.2) is 47.4 Å². The zero-order chi connectivity index (χ0) is 19.6. The maximum atomic E-state index is 13.2.